The van der Waals surface area contributed by atoms with Gasteiger partial charge in [-0.3, -0.25) is 4.98 Å². The highest BCUT2D eigenvalue weighted by Crippen LogP contribution is 2.46. The molecule has 12 aromatic rings. The molecule has 0 aliphatic rings. The fourth-order valence-electron chi connectivity index (χ4n) is 10.9. The average molecular weight is 943 g/mol. The van der Waals surface area contributed by atoms with E-state index >= 15 is 0 Å². The number of fused-ring (bicyclic) bond motifs is 6. The summed E-state index contributed by atoms with van der Waals surface area (Å²) in [5.41, 5.74) is 17.2. The van der Waals surface area contributed by atoms with Crippen LogP contribution in [0.2, 0.25) is 0 Å². The summed E-state index contributed by atoms with van der Waals surface area (Å²) in [5, 5.41) is 56.4. The summed E-state index contributed by atoms with van der Waals surface area (Å²) in [6, 6.07) is 75.6. The zero-order valence-electron chi connectivity index (χ0n) is 40.1. The van der Waals surface area contributed by atoms with Crippen molar-refractivity contribution in [1.29, 1.82) is 26.3 Å². The molecule has 0 N–H and O–H groups in total. The van der Waals surface area contributed by atoms with Crippen LogP contribution >= 0.6 is 0 Å². The quantitative estimate of drug-likeness (QED) is 0.156. The number of nitrogens with zero attached hydrogens (tertiary/aromatic N) is 8. The summed E-state index contributed by atoms with van der Waals surface area (Å²) >= 11 is 0. The van der Waals surface area contributed by atoms with E-state index in [1.807, 2.05) is 123 Å². The normalized spacial score (nSPS) is 11.0. The van der Waals surface area contributed by atoms with Crippen LogP contribution in [0.25, 0.3) is 111 Å². The van der Waals surface area contributed by atoms with E-state index in [-0.39, 0.29) is 0 Å². The molecule has 8 heteroatoms. The second-order valence-corrected chi connectivity index (χ2v) is 18.4. The second kappa shape index (κ2) is 17.9. The maximum absolute atomic E-state index is 11.3. The van der Waals surface area contributed by atoms with E-state index < -0.39 is 0 Å². The molecule has 0 spiro atoms. The molecule has 0 unspecified atom stereocenters. The summed E-state index contributed by atoms with van der Waals surface area (Å²) in [7, 11) is 0. The Morgan fingerprint density at radius 1 is 0.324 bits per heavy atom. The minimum Gasteiger partial charge on any atom is -0.308 e. The van der Waals surface area contributed by atoms with Gasteiger partial charge in [0.1, 0.15) is 0 Å². The van der Waals surface area contributed by atoms with Crippen molar-refractivity contribution >= 4 is 43.6 Å². The van der Waals surface area contributed by atoms with Crippen molar-refractivity contribution in [2.24, 2.45) is 0 Å². The van der Waals surface area contributed by atoms with Crippen LogP contribution in [0.3, 0.4) is 0 Å². The summed E-state index contributed by atoms with van der Waals surface area (Å²) in [6.45, 7) is 3.96. The van der Waals surface area contributed by atoms with Gasteiger partial charge in [-0.25, -0.2) is 0 Å². The van der Waals surface area contributed by atoms with Gasteiger partial charge < -0.3 is 9.13 Å². The minimum atomic E-state index is 0.403. The van der Waals surface area contributed by atoms with Gasteiger partial charge in [-0.15, -0.1) is 0 Å². The van der Waals surface area contributed by atoms with Gasteiger partial charge in [0, 0.05) is 38.5 Å². The van der Waals surface area contributed by atoms with E-state index in [4.69, 9.17) is 4.98 Å². The molecule has 12 rings (SSSR count). The Bertz CT molecular complexity index is 4080. The van der Waals surface area contributed by atoms with Crippen LogP contribution in [-0.2, 0) is 0 Å². The molecule has 0 fully saturated rings. The van der Waals surface area contributed by atoms with E-state index in [1.54, 1.807) is 0 Å². The van der Waals surface area contributed by atoms with Gasteiger partial charge in [0.05, 0.1) is 91.6 Å². The highest BCUT2D eigenvalue weighted by molar-refractivity contribution is 6.14. The van der Waals surface area contributed by atoms with Crippen LogP contribution in [-0.4, -0.2) is 14.1 Å². The van der Waals surface area contributed by atoms with Crippen molar-refractivity contribution in [3.8, 4) is 97.4 Å². The maximum atomic E-state index is 11.3. The SMILES string of the molecule is Cc1cc(-c2c(-n3c4cc(-c5ccccc5C#N)ccc4c4ccc(-c5ccccc5C#N)cc43)cc(C#N)cc2-n2c3cc(-c4ccccc4C#N)ccc3c3ccc(-c4ccccc4C#N)cc32)cc(C)n1. The fourth-order valence-corrected chi connectivity index (χ4v) is 10.9. The van der Waals surface area contributed by atoms with Gasteiger partial charge in [0.2, 0.25) is 0 Å². The lowest BCUT2D eigenvalue weighted by Crippen LogP contribution is -2.06. The Labute approximate surface area is 426 Å². The molecule has 0 atom stereocenters. The van der Waals surface area contributed by atoms with Gasteiger partial charge in [0.25, 0.3) is 0 Å². The van der Waals surface area contributed by atoms with Gasteiger partial charge >= 0.3 is 0 Å². The van der Waals surface area contributed by atoms with Crippen LogP contribution in [0, 0.1) is 70.5 Å². The molecule has 342 valence electrons. The molecule has 3 aromatic heterocycles. The predicted octanol–water partition coefficient (Wildman–Crippen LogP) is 15.6. The second-order valence-electron chi connectivity index (χ2n) is 18.4. The molecule has 0 saturated carbocycles. The van der Waals surface area contributed by atoms with Crippen molar-refractivity contribution in [1.82, 2.24) is 14.1 Å². The van der Waals surface area contributed by atoms with E-state index in [0.29, 0.717) is 39.2 Å². The molecule has 0 radical (unpaired) electrons. The lowest BCUT2D eigenvalue weighted by molar-refractivity contribution is 1.11. The Hall–Kier alpha value is -10.8. The first-order valence-corrected chi connectivity index (χ1v) is 24.0. The van der Waals surface area contributed by atoms with Crippen molar-refractivity contribution in [3.05, 3.63) is 233 Å². The third kappa shape index (κ3) is 7.22. The maximum Gasteiger partial charge on any atom is 0.0998 e. The molecule has 0 amide bonds. The summed E-state index contributed by atoms with van der Waals surface area (Å²) in [4.78, 5) is 4.85. The molecule has 3 heterocycles. The first kappa shape index (κ1) is 44.4. The van der Waals surface area contributed by atoms with Crippen LogP contribution in [0.1, 0.15) is 39.2 Å². The molecular formula is C66H38N8. The van der Waals surface area contributed by atoms with Gasteiger partial charge in [0.15, 0.2) is 0 Å². The van der Waals surface area contributed by atoms with Crippen molar-refractivity contribution in [2.45, 2.75) is 13.8 Å². The van der Waals surface area contributed by atoms with Crippen molar-refractivity contribution < 1.29 is 0 Å². The number of hydrogen-bond acceptors (Lipinski definition) is 6. The molecule has 0 saturated heterocycles. The number of rotatable bonds is 7. The number of aryl methyl sites for hydroxylation is 2. The van der Waals surface area contributed by atoms with Gasteiger partial charge in [-0.1, -0.05) is 121 Å². The summed E-state index contributed by atoms with van der Waals surface area (Å²) in [5.74, 6) is 0. The predicted molar refractivity (Wildman–Crippen MR) is 293 cm³/mol. The van der Waals surface area contributed by atoms with Crippen LogP contribution in [0.15, 0.2) is 194 Å². The standard InChI is InChI=1S/C66H38N8/c1-40-27-51(28-41(2)72-40)66-64(73-60-31-43(52-15-7-3-11-47(52)36-68)19-23-56(60)57-24-20-44(32-61(57)73)53-16-8-4-12-48(53)37-69)29-42(35-67)30-65(66)74-62-33-45(54-17-9-5-13-49(54)38-70)21-25-58(62)59-26-22-46(34-63(59)74)55-18-10-6-14-50(55)39-71/h3-34H,1-2H3. The monoisotopic (exact) mass is 942 g/mol. The average Bonchev–Trinajstić information content (AvgIpc) is 3.96. The third-order valence-corrected chi connectivity index (χ3v) is 14.0. The zero-order valence-corrected chi connectivity index (χ0v) is 40.1. The van der Waals surface area contributed by atoms with Crippen LogP contribution in [0.5, 0.6) is 0 Å². The third-order valence-electron chi connectivity index (χ3n) is 14.0. The number of hydrogen-bond donors (Lipinski definition) is 0. The molecule has 8 nitrogen and oxygen atoms in total. The first-order valence-electron chi connectivity index (χ1n) is 24.0. The van der Waals surface area contributed by atoms with Crippen LogP contribution < -0.4 is 0 Å². The van der Waals surface area contributed by atoms with Crippen LogP contribution in [0.4, 0.5) is 0 Å². The Kier molecular flexibility index (Phi) is 10.7. The Morgan fingerprint density at radius 2 is 0.622 bits per heavy atom. The van der Waals surface area contributed by atoms with Crippen molar-refractivity contribution in [3.63, 3.8) is 0 Å². The Balaban J connectivity index is 1.28. The molecule has 74 heavy (non-hydrogen) atoms. The fraction of sp³-hybridized carbons (Fsp3) is 0.0303. The molecule has 0 aliphatic heterocycles. The lowest BCUT2D eigenvalue weighted by atomic mass is 9.96. The first-order chi connectivity index (χ1) is 36.3. The molecular weight excluding hydrogens is 905 g/mol. The minimum absolute atomic E-state index is 0.403. The number of pyridine rings is 1. The molecule has 0 aliphatic carbocycles. The lowest BCUT2D eigenvalue weighted by Gasteiger charge is -2.22. The zero-order chi connectivity index (χ0) is 50.6. The highest BCUT2D eigenvalue weighted by Gasteiger charge is 2.26. The summed E-state index contributed by atoms with van der Waals surface area (Å²) < 4.78 is 4.45. The Morgan fingerprint density at radius 3 is 0.905 bits per heavy atom. The molecule has 9 aromatic carbocycles. The number of benzene rings is 9. The number of nitriles is 5. The summed E-state index contributed by atoms with van der Waals surface area (Å²) in [6.07, 6.45) is 0. The van der Waals surface area contributed by atoms with E-state index in [9.17, 15) is 26.3 Å². The highest BCUT2D eigenvalue weighted by atomic mass is 15.0. The largest absolute Gasteiger partial charge is 0.308 e. The molecule has 0 bridgehead atoms. The van der Waals surface area contributed by atoms with Gasteiger partial charge in [-0.05, 0) is 137 Å². The van der Waals surface area contributed by atoms with Gasteiger partial charge in [-0.2, -0.15) is 26.3 Å². The number of aromatic nitrogens is 3. The van der Waals surface area contributed by atoms with E-state index in [0.717, 1.165) is 111 Å². The smallest absolute Gasteiger partial charge is 0.0998 e. The van der Waals surface area contributed by atoms with Crippen molar-refractivity contribution in [2.75, 3.05) is 0 Å². The van der Waals surface area contributed by atoms with E-state index in [1.165, 1.54) is 0 Å². The topological polar surface area (TPSA) is 142 Å². The van der Waals surface area contributed by atoms with E-state index in [2.05, 4.69) is 124 Å².